The second kappa shape index (κ2) is 11.5. The fraction of sp³-hybridized carbons (Fsp3) is 0.381. The largest absolute Gasteiger partial charge is 0.573 e. The molecular weight excluding hydrogens is 474 g/mol. The van der Waals surface area contributed by atoms with E-state index in [9.17, 15) is 31.1 Å². The van der Waals surface area contributed by atoms with Crippen molar-refractivity contribution >= 4 is 18.7 Å². The van der Waals surface area contributed by atoms with Gasteiger partial charge in [-0.1, -0.05) is 57.9 Å². The maximum atomic E-state index is 12.5. The van der Waals surface area contributed by atoms with E-state index in [0.29, 0.717) is 0 Å². The van der Waals surface area contributed by atoms with Gasteiger partial charge in [0.1, 0.15) is 11.5 Å². The van der Waals surface area contributed by atoms with Crippen molar-refractivity contribution in [2.45, 2.75) is 45.5 Å². The molecule has 0 bridgehead atoms. The van der Waals surface area contributed by atoms with Gasteiger partial charge in [-0.2, -0.15) is 0 Å². The van der Waals surface area contributed by atoms with Gasteiger partial charge in [-0.05, 0) is 41.3 Å². The molecule has 0 aliphatic carbocycles. The number of nitrogens with one attached hydrogen (secondary N) is 1. The Morgan fingerprint density at radius 1 is 0.909 bits per heavy atom. The summed E-state index contributed by atoms with van der Waals surface area (Å²) in [5.74, 6) is -1.26. The first kappa shape index (κ1) is 28.4. The minimum absolute atomic E-state index is 0.0391. The minimum Gasteiger partial charge on any atom is -0.406 e. The van der Waals surface area contributed by atoms with Crippen LogP contribution >= 0.6 is 12.8 Å². The maximum Gasteiger partial charge on any atom is 0.573 e. The summed E-state index contributed by atoms with van der Waals surface area (Å²) in [6.07, 6.45) is -10.5. The third kappa shape index (κ3) is 9.82. The lowest BCUT2D eigenvalue weighted by atomic mass is 9.80. The van der Waals surface area contributed by atoms with E-state index in [1.165, 1.54) is 24.3 Å². The molecule has 1 amide bonds. The van der Waals surface area contributed by atoms with Crippen LogP contribution in [-0.4, -0.2) is 18.6 Å². The Morgan fingerprint density at radius 2 is 1.27 bits per heavy atom. The molecule has 33 heavy (non-hydrogen) atoms. The standard InChI is InChI=1S/C17H14F6N2O3S.C4H10/c18-16(19,20)27-12-5-1-3-10(7-12)15(25-29,9-14(24)26)11-4-2-6-13(8-11)28-17(21,22)23;1-4(2)3/h1-8,25,29H,9H2,(H2,24,26);4H,1-3H3. The van der Waals surface area contributed by atoms with Crippen LogP contribution in [0, 0.1) is 5.92 Å². The van der Waals surface area contributed by atoms with Gasteiger partial charge in [0.2, 0.25) is 5.91 Å². The summed E-state index contributed by atoms with van der Waals surface area (Å²) in [6.45, 7) is 6.50. The van der Waals surface area contributed by atoms with Crippen LogP contribution in [0.4, 0.5) is 26.3 Å². The number of alkyl halides is 6. The summed E-state index contributed by atoms with van der Waals surface area (Å²) in [5, 5.41) is 0. The van der Waals surface area contributed by atoms with E-state index in [1.807, 2.05) is 0 Å². The molecule has 0 aliphatic heterocycles. The molecular formula is C21H24F6N2O3S. The number of rotatable bonds is 7. The van der Waals surface area contributed by atoms with Gasteiger partial charge in [-0.15, -0.1) is 26.3 Å². The van der Waals surface area contributed by atoms with Gasteiger partial charge in [0.05, 0.1) is 12.0 Å². The molecule has 0 aliphatic rings. The molecule has 2 aromatic rings. The predicted octanol–water partition coefficient (Wildman–Crippen LogP) is 5.70. The van der Waals surface area contributed by atoms with Gasteiger partial charge in [0.25, 0.3) is 0 Å². The van der Waals surface area contributed by atoms with Crippen molar-refractivity contribution in [3.8, 4) is 11.5 Å². The fourth-order valence-corrected chi connectivity index (χ4v) is 3.06. The first-order valence-corrected chi connectivity index (χ1v) is 9.95. The normalized spacial score (nSPS) is 12.1. The van der Waals surface area contributed by atoms with Crippen LogP contribution in [0.15, 0.2) is 48.5 Å². The number of hydrogen-bond donors (Lipinski definition) is 3. The summed E-state index contributed by atoms with van der Waals surface area (Å²) in [7, 11) is 0. The number of ether oxygens (including phenoxy) is 2. The first-order valence-electron chi connectivity index (χ1n) is 9.50. The lowest BCUT2D eigenvalue weighted by Gasteiger charge is -2.33. The molecule has 0 heterocycles. The van der Waals surface area contributed by atoms with E-state index in [2.05, 4.69) is 47.8 Å². The first-order chi connectivity index (χ1) is 15.1. The lowest BCUT2D eigenvalue weighted by molar-refractivity contribution is -0.275. The van der Waals surface area contributed by atoms with Gasteiger partial charge in [-0.25, -0.2) is 0 Å². The number of hydrogen-bond acceptors (Lipinski definition) is 5. The van der Waals surface area contributed by atoms with Gasteiger partial charge >= 0.3 is 12.7 Å². The highest BCUT2D eigenvalue weighted by Gasteiger charge is 2.38. The highest BCUT2D eigenvalue weighted by atomic mass is 32.1. The zero-order chi connectivity index (χ0) is 25.4. The monoisotopic (exact) mass is 498 g/mol. The second-order valence-corrected chi connectivity index (χ2v) is 7.77. The molecule has 0 fully saturated rings. The number of primary amides is 1. The number of thiol groups is 1. The number of halogens is 6. The Morgan fingerprint density at radius 3 is 1.55 bits per heavy atom. The van der Waals surface area contributed by atoms with E-state index < -0.39 is 42.1 Å². The molecule has 0 atom stereocenters. The van der Waals surface area contributed by atoms with E-state index in [4.69, 9.17) is 5.73 Å². The second-order valence-electron chi connectivity index (χ2n) is 7.54. The van der Waals surface area contributed by atoms with E-state index >= 15 is 0 Å². The van der Waals surface area contributed by atoms with Crippen LogP contribution in [0.5, 0.6) is 11.5 Å². The van der Waals surface area contributed by atoms with Crippen molar-refractivity contribution in [2.24, 2.45) is 11.7 Å². The Balaban J connectivity index is 0.00000125. The molecule has 0 unspecified atom stereocenters. The number of carbonyl (C=O) groups is 1. The van der Waals surface area contributed by atoms with Crippen molar-refractivity contribution in [3.63, 3.8) is 0 Å². The number of benzene rings is 2. The van der Waals surface area contributed by atoms with Crippen LogP contribution in [-0.2, 0) is 10.3 Å². The molecule has 2 rings (SSSR count). The SMILES string of the molecule is CC(C)C.NC(=O)CC(NS)(c1cccc(OC(F)(F)F)c1)c1cccc(OC(F)(F)F)c1. The lowest BCUT2D eigenvalue weighted by Crippen LogP contribution is -2.42. The number of carbonyl (C=O) groups excluding carboxylic acids is 1. The summed E-state index contributed by atoms with van der Waals surface area (Å²) in [5.41, 5.74) is 3.68. The molecule has 184 valence electrons. The Kier molecular flexibility index (Phi) is 9.91. The topological polar surface area (TPSA) is 73.6 Å². The van der Waals surface area contributed by atoms with Gasteiger partial charge in [-0.3, -0.25) is 9.52 Å². The minimum atomic E-state index is -4.97. The van der Waals surface area contributed by atoms with Crippen LogP contribution in [0.1, 0.15) is 38.3 Å². The smallest absolute Gasteiger partial charge is 0.406 e. The van der Waals surface area contributed by atoms with Crippen molar-refractivity contribution in [1.82, 2.24) is 4.72 Å². The van der Waals surface area contributed by atoms with Gasteiger partial charge in [0.15, 0.2) is 0 Å². The molecule has 0 aromatic heterocycles. The van der Waals surface area contributed by atoms with E-state index in [-0.39, 0.29) is 11.1 Å². The van der Waals surface area contributed by atoms with Crippen molar-refractivity contribution in [3.05, 3.63) is 59.7 Å². The summed E-state index contributed by atoms with van der Waals surface area (Å²) < 4.78 is 85.5. The summed E-state index contributed by atoms with van der Waals surface area (Å²) >= 11 is 3.96. The highest BCUT2D eigenvalue weighted by molar-refractivity contribution is 7.78. The average Bonchev–Trinajstić information content (AvgIpc) is 2.63. The molecule has 5 nitrogen and oxygen atoms in total. The Labute approximate surface area is 192 Å². The van der Waals surface area contributed by atoms with E-state index in [0.717, 1.165) is 30.2 Å². The van der Waals surface area contributed by atoms with Gasteiger partial charge < -0.3 is 15.2 Å². The Bertz CT molecular complexity index is 857. The molecule has 0 spiro atoms. The third-order valence-corrected chi connectivity index (χ3v) is 4.13. The van der Waals surface area contributed by atoms with Crippen LogP contribution < -0.4 is 19.9 Å². The number of amides is 1. The van der Waals surface area contributed by atoms with Gasteiger partial charge in [0, 0.05) is 0 Å². The molecule has 0 saturated heterocycles. The molecule has 2 aromatic carbocycles. The highest BCUT2D eigenvalue weighted by Crippen LogP contribution is 2.38. The zero-order valence-electron chi connectivity index (χ0n) is 17.9. The maximum absolute atomic E-state index is 12.5. The molecule has 12 heteroatoms. The zero-order valence-corrected chi connectivity index (χ0v) is 18.8. The number of nitrogens with two attached hydrogens (primary N) is 1. The summed E-state index contributed by atoms with van der Waals surface area (Å²) in [4.78, 5) is 11.7. The third-order valence-electron chi connectivity index (χ3n) is 3.75. The summed E-state index contributed by atoms with van der Waals surface area (Å²) in [6, 6.07) is 9.09. The van der Waals surface area contributed by atoms with Crippen molar-refractivity contribution in [1.29, 1.82) is 0 Å². The molecule has 0 radical (unpaired) electrons. The van der Waals surface area contributed by atoms with Crippen LogP contribution in [0.3, 0.4) is 0 Å². The van der Waals surface area contributed by atoms with Crippen molar-refractivity contribution in [2.75, 3.05) is 0 Å². The quantitative estimate of drug-likeness (QED) is 0.338. The molecule has 0 saturated carbocycles. The van der Waals surface area contributed by atoms with Crippen molar-refractivity contribution < 1.29 is 40.6 Å². The van der Waals surface area contributed by atoms with Crippen LogP contribution in [0.2, 0.25) is 0 Å². The average molecular weight is 498 g/mol. The van der Waals surface area contributed by atoms with Crippen LogP contribution in [0.25, 0.3) is 0 Å². The molecule has 3 N–H and O–H groups in total. The fourth-order valence-electron chi connectivity index (χ4n) is 2.72. The Hall–Kier alpha value is -2.60. The predicted molar refractivity (Wildman–Crippen MR) is 113 cm³/mol. The van der Waals surface area contributed by atoms with E-state index in [1.54, 1.807) is 0 Å².